The van der Waals surface area contributed by atoms with Gasteiger partial charge in [0.05, 0.1) is 6.42 Å². The van der Waals surface area contributed by atoms with Crippen molar-refractivity contribution in [1.82, 2.24) is 15.5 Å². The molecule has 1 saturated heterocycles. The van der Waals surface area contributed by atoms with Crippen LogP contribution in [0.25, 0.3) is 0 Å². The molecule has 1 heterocycles. The van der Waals surface area contributed by atoms with Crippen molar-refractivity contribution in [3.05, 3.63) is 34.3 Å². The SMILES string of the molecule is CCNC(=O)C1CNCCN1C(=O)Cc1cccc(Br)c1. The molecule has 0 radical (unpaired) electrons. The van der Waals surface area contributed by atoms with Crippen molar-refractivity contribution in [3.8, 4) is 0 Å². The summed E-state index contributed by atoms with van der Waals surface area (Å²) in [5.41, 5.74) is 0.947. The molecular formula is C15H20BrN3O2. The second kappa shape index (κ2) is 7.56. The second-order valence-corrected chi connectivity index (χ2v) is 5.92. The van der Waals surface area contributed by atoms with E-state index in [0.29, 0.717) is 26.1 Å². The summed E-state index contributed by atoms with van der Waals surface area (Å²) in [7, 11) is 0. The van der Waals surface area contributed by atoms with Crippen LogP contribution >= 0.6 is 15.9 Å². The van der Waals surface area contributed by atoms with Gasteiger partial charge in [0, 0.05) is 30.7 Å². The summed E-state index contributed by atoms with van der Waals surface area (Å²) < 4.78 is 0.952. The quantitative estimate of drug-likeness (QED) is 0.846. The Morgan fingerprint density at radius 1 is 1.48 bits per heavy atom. The molecule has 21 heavy (non-hydrogen) atoms. The van der Waals surface area contributed by atoms with E-state index in [4.69, 9.17) is 0 Å². The molecule has 0 saturated carbocycles. The van der Waals surface area contributed by atoms with Gasteiger partial charge < -0.3 is 15.5 Å². The van der Waals surface area contributed by atoms with Crippen molar-refractivity contribution < 1.29 is 9.59 Å². The van der Waals surface area contributed by atoms with Gasteiger partial charge >= 0.3 is 0 Å². The molecule has 0 aliphatic carbocycles. The number of carbonyl (C=O) groups is 2. The van der Waals surface area contributed by atoms with E-state index in [9.17, 15) is 9.59 Å². The van der Waals surface area contributed by atoms with Crippen LogP contribution in [0.15, 0.2) is 28.7 Å². The molecule has 0 spiro atoms. The van der Waals surface area contributed by atoms with Gasteiger partial charge in [-0.05, 0) is 24.6 Å². The number of rotatable bonds is 4. The van der Waals surface area contributed by atoms with Crippen LogP contribution in [-0.4, -0.2) is 48.9 Å². The minimum absolute atomic E-state index is 0.00847. The highest BCUT2D eigenvalue weighted by Crippen LogP contribution is 2.14. The summed E-state index contributed by atoms with van der Waals surface area (Å²) in [5, 5.41) is 5.96. The van der Waals surface area contributed by atoms with Gasteiger partial charge in [0.15, 0.2) is 0 Å². The monoisotopic (exact) mass is 353 g/mol. The van der Waals surface area contributed by atoms with Gasteiger partial charge in [0.2, 0.25) is 11.8 Å². The van der Waals surface area contributed by atoms with Gasteiger partial charge in [0.25, 0.3) is 0 Å². The van der Waals surface area contributed by atoms with E-state index in [-0.39, 0.29) is 11.8 Å². The Morgan fingerprint density at radius 3 is 3.00 bits per heavy atom. The predicted octanol–water partition coefficient (Wildman–Crippen LogP) is 0.928. The zero-order valence-electron chi connectivity index (χ0n) is 12.1. The van der Waals surface area contributed by atoms with Crippen molar-refractivity contribution in [3.63, 3.8) is 0 Å². The average Bonchev–Trinajstić information content (AvgIpc) is 2.47. The third-order valence-electron chi connectivity index (χ3n) is 3.46. The molecule has 2 amide bonds. The van der Waals surface area contributed by atoms with Crippen LogP contribution in [0.3, 0.4) is 0 Å². The number of likely N-dealkylation sites (N-methyl/N-ethyl adjacent to an activating group) is 1. The largest absolute Gasteiger partial charge is 0.355 e. The number of nitrogens with one attached hydrogen (secondary N) is 2. The van der Waals surface area contributed by atoms with Gasteiger partial charge in [-0.15, -0.1) is 0 Å². The standard InChI is InChI=1S/C15H20BrN3O2/c1-2-18-15(21)13-10-17-6-7-19(13)14(20)9-11-4-3-5-12(16)8-11/h3-5,8,13,17H,2,6-7,9-10H2,1H3,(H,18,21). The second-order valence-electron chi connectivity index (χ2n) is 5.01. The molecule has 6 heteroatoms. The van der Waals surface area contributed by atoms with E-state index in [2.05, 4.69) is 26.6 Å². The Balaban J connectivity index is 2.06. The normalized spacial score (nSPS) is 18.4. The first-order chi connectivity index (χ1) is 10.1. The number of halogens is 1. The number of hydrogen-bond acceptors (Lipinski definition) is 3. The highest BCUT2D eigenvalue weighted by Gasteiger charge is 2.31. The van der Waals surface area contributed by atoms with Crippen molar-refractivity contribution >= 4 is 27.7 Å². The molecule has 1 aliphatic rings. The van der Waals surface area contributed by atoms with Gasteiger partial charge in [-0.1, -0.05) is 28.1 Å². The minimum atomic E-state index is -0.418. The minimum Gasteiger partial charge on any atom is -0.355 e. The van der Waals surface area contributed by atoms with E-state index in [1.807, 2.05) is 31.2 Å². The summed E-state index contributed by atoms with van der Waals surface area (Å²) >= 11 is 3.40. The third-order valence-corrected chi connectivity index (χ3v) is 3.96. The first-order valence-electron chi connectivity index (χ1n) is 7.14. The lowest BCUT2D eigenvalue weighted by atomic mass is 10.1. The molecule has 114 valence electrons. The first kappa shape index (κ1) is 16.0. The van der Waals surface area contributed by atoms with Crippen LogP contribution in [0, 0.1) is 0 Å². The maximum absolute atomic E-state index is 12.5. The summed E-state index contributed by atoms with van der Waals surface area (Å²) in [6.07, 6.45) is 0.315. The van der Waals surface area contributed by atoms with E-state index in [1.54, 1.807) is 4.90 Å². The third kappa shape index (κ3) is 4.28. The lowest BCUT2D eigenvalue weighted by molar-refractivity contribution is -0.141. The fourth-order valence-corrected chi connectivity index (χ4v) is 2.90. The fourth-order valence-electron chi connectivity index (χ4n) is 2.45. The zero-order chi connectivity index (χ0) is 15.2. The number of carbonyl (C=O) groups excluding carboxylic acids is 2. The molecule has 1 aliphatic heterocycles. The lowest BCUT2D eigenvalue weighted by Gasteiger charge is -2.35. The zero-order valence-corrected chi connectivity index (χ0v) is 13.6. The highest BCUT2D eigenvalue weighted by atomic mass is 79.9. The van der Waals surface area contributed by atoms with E-state index in [1.165, 1.54) is 0 Å². The smallest absolute Gasteiger partial charge is 0.244 e. The summed E-state index contributed by atoms with van der Waals surface area (Å²) in [4.78, 5) is 26.3. The molecular weight excluding hydrogens is 334 g/mol. The van der Waals surface area contributed by atoms with Crippen LogP contribution in [-0.2, 0) is 16.0 Å². The van der Waals surface area contributed by atoms with Gasteiger partial charge in [-0.3, -0.25) is 9.59 Å². The number of amides is 2. The molecule has 1 unspecified atom stereocenters. The number of benzene rings is 1. The maximum atomic E-state index is 12.5. The topological polar surface area (TPSA) is 61.4 Å². The van der Waals surface area contributed by atoms with Crippen LogP contribution in [0.5, 0.6) is 0 Å². The van der Waals surface area contributed by atoms with E-state index in [0.717, 1.165) is 16.6 Å². The van der Waals surface area contributed by atoms with Crippen LogP contribution in [0.4, 0.5) is 0 Å². The van der Waals surface area contributed by atoms with Gasteiger partial charge in [-0.25, -0.2) is 0 Å². The van der Waals surface area contributed by atoms with Crippen LogP contribution < -0.4 is 10.6 Å². The van der Waals surface area contributed by atoms with E-state index >= 15 is 0 Å². The van der Waals surface area contributed by atoms with Crippen molar-refractivity contribution in [2.45, 2.75) is 19.4 Å². The molecule has 5 nitrogen and oxygen atoms in total. The van der Waals surface area contributed by atoms with Crippen molar-refractivity contribution in [2.24, 2.45) is 0 Å². The maximum Gasteiger partial charge on any atom is 0.244 e. The summed E-state index contributed by atoms with van der Waals surface area (Å²) in [5.74, 6) is -0.0989. The highest BCUT2D eigenvalue weighted by molar-refractivity contribution is 9.10. The number of piperazine rings is 1. The fraction of sp³-hybridized carbons (Fsp3) is 0.467. The Morgan fingerprint density at radius 2 is 2.29 bits per heavy atom. The summed E-state index contributed by atoms with van der Waals surface area (Å²) in [6.45, 7) is 4.25. The molecule has 1 fully saturated rings. The first-order valence-corrected chi connectivity index (χ1v) is 7.93. The van der Waals surface area contributed by atoms with Crippen LogP contribution in [0.1, 0.15) is 12.5 Å². The van der Waals surface area contributed by atoms with E-state index < -0.39 is 6.04 Å². The summed E-state index contributed by atoms with van der Waals surface area (Å²) in [6, 6.07) is 7.27. The molecule has 0 aromatic heterocycles. The molecule has 0 bridgehead atoms. The van der Waals surface area contributed by atoms with Crippen LogP contribution in [0.2, 0.25) is 0 Å². The Labute approximate surface area is 133 Å². The molecule has 1 aromatic rings. The van der Waals surface area contributed by atoms with Gasteiger partial charge in [0.1, 0.15) is 6.04 Å². The number of hydrogen-bond donors (Lipinski definition) is 2. The predicted molar refractivity (Wildman–Crippen MR) is 84.9 cm³/mol. The lowest BCUT2D eigenvalue weighted by Crippen LogP contribution is -2.59. The Kier molecular flexibility index (Phi) is 5.76. The van der Waals surface area contributed by atoms with Crippen molar-refractivity contribution in [1.29, 1.82) is 0 Å². The van der Waals surface area contributed by atoms with Gasteiger partial charge in [-0.2, -0.15) is 0 Å². The Hall–Kier alpha value is -1.40. The molecule has 1 aromatic carbocycles. The molecule has 1 atom stereocenters. The molecule has 2 N–H and O–H groups in total. The average molecular weight is 354 g/mol. The molecule has 2 rings (SSSR count). The Bertz CT molecular complexity index is 521. The van der Waals surface area contributed by atoms with Crippen molar-refractivity contribution in [2.75, 3.05) is 26.2 Å². The number of nitrogens with zero attached hydrogens (tertiary/aromatic N) is 1.